The van der Waals surface area contributed by atoms with Crippen LogP contribution in [-0.2, 0) is 0 Å². The molecule has 1 fully saturated rings. The molecule has 12 heavy (non-hydrogen) atoms. The fraction of sp³-hybridized carbons (Fsp3) is 1.00. The van der Waals surface area contributed by atoms with Crippen LogP contribution in [-0.4, -0.2) is 47.0 Å². The van der Waals surface area contributed by atoms with E-state index in [1.807, 2.05) is 20.8 Å². The van der Waals surface area contributed by atoms with E-state index in [-0.39, 0.29) is 17.6 Å². The summed E-state index contributed by atoms with van der Waals surface area (Å²) in [5.41, 5.74) is -0.0550. The maximum Gasteiger partial charge on any atom is 0.0793 e. The highest BCUT2D eigenvalue weighted by atomic mass is 16.3. The monoisotopic (exact) mass is 173 g/mol. The molecule has 1 heterocycles. The lowest BCUT2D eigenvalue weighted by atomic mass is 9.88. The maximum absolute atomic E-state index is 9.68. The van der Waals surface area contributed by atoms with E-state index in [4.69, 9.17) is 5.11 Å². The average Bonchev–Trinajstić information content (AvgIpc) is 1.82. The van der Waals surface area contributed by atoms with Crippen LogP contribution in [0.15, 0.2) is 0 Å². The van der Waals surface area contributed by atoms with Gasteiger partial charge in [-0.1, -0.05) is 20.8 Å². The number of aliphatic hydroxyl groups is 2. The summed E-state index contributed by atoms with van der Waals surface area (Å²) in [4.78, 5) is 2.07. The van der Waals surface area contributed by atoms with Crippen LogP contribution in [0.5, 0.6) is 0 Å². The standard InChI is InChI=1S/C9H19NO2/c1-9(2,3)8(12)6-10-4-7(11)5-10/h7-8,11-12H,4-6H2,1-3H3. The number of nitrogens with zero attached hydrogens (tertiary/aromatic N) is 1. The van der Waals surface area contributed by atoms with Gasteiger partial charge >= 0.3 is 0 Å². The molecule has 0 aromatic rings. The Morgan fingerprint density at radius 2 is 1.92 bits per heavy atom. The molecule has 0 aromatic heterocycles. The van der Waals surface area contributed by atoms with Crippen molar-refractivity contribution in [2.24, 2.45) is 5.41 Å². The summed E-state index contributed by atoms with van der Waals surface area (Å²) in [6.45, 7) is 8.18. The minimum Gasteiger partial charge on any atom is -0.391 e. The molecule has 3 heteroatoms. The molecule has 3 nitrogen and oxygen atoms in total. The van der Waals surface area contributed by atoms with Gasteiger partial charge in [-0.05, 0) is 5.41 Å². The van der Waals surface area contributed by atoms with Gasteiger partial charge in [0.25, 0.3) is 0 Å². The van der Waals surface area contributed by atoms with Gasteiger partial charge in [-0.2, -0.15) is 0 Å². The van der Waals surface area contributed by atoms with Gasteiger partial charge in [-0.15, -0.1) is 0 Å². The van der Waals surface area contributed by atoms with Crippen LogP contribution in [0, 0.1) is 5.41 Å². The zero-order chi connectivity index (χ0) is 9.35. The van der Waals surface area contributed by atoms with Crippen LogP contribution in [0.2, 0.25) is 0 Å². The highest BCUT2D eigenvalue weighted by Crippen LogP contribution is 2.21. The zero-order valence-corrected chi connectivity index (χ0v) is 8.12. The molecular formula is C9H19NO2. The molecule has 0 bridgehead atoms. The summed E-state index contributed by atoms with van der Waals surface area (Å²) < 4.78 is 0. The van der Waals surface area contributed by atoms with Crippen LogP contribution in [0.25, 0.3) is 0 Å². The van der Waals surface area contributed by atoms with Crippen LogP contribution < -0.4 is 0 Å². The van der Waals surface area contributed by atoms with Crippen molar-refractivity contribution in [2.75, 3.05) is 19.6 Å². The van der Waals surface area contributed by atoms with Crippen LogP contribution in [0.3, 0.4) is 0 Å². The zero-order valence-electron chi connectivity index (χ0n) is 8.12. The molecule has 0 spiro atoms. The highest BCUT2D eigenvalue weighted by molar-refractivity contribution is 4.84. The van der Waals surface area contributed by atoms with Crippen molar-refractivity contribution < 1.29 is 10.2 Å². The second-order valence-electron chi connectivity index (χ2n) is 4.75. The molecule has 0 radical (unpaired) electrons. The van der Waals surface area contributed by atoms with E-state index in [1.165, 1.54) is 0 Å². The largest absolute Gasteiger partial charge is 0.391 e. The molecule has 72 valence electrons. The van der Waals surface area contributed by atoms with Crippen molar-refractivity contribution in [3.8, 4) is 0 Å². The van der Waals surface area contributed by atoms with E-state index in [0.29, 0.717) is 19.6 Å². The number of likely N-dealkylation sites (tertiary alicyclic amines) is 1. The van der Waals surface area contributed by atoms with Gasteiger partial charge in [0.2, 0.25) is 0 Å². The number of aliphatic hydroxyl groups excluding tert-OH is 2. The molecule has 1 saturated heterocycles. The molecule has 1 aliphatic rings. The van der Waals surface area contributed by atoms with E-state index in [0.717, 1.165) is 0 Å². The summed E-state index contributed by atoms with van der Waals surface area (Å²) in [6.07, 6.45) is -0.470. The predicted octanol–water partition coefficient (Wildman–Crippen LogP) is 0.0699. The van der Waals surface area contributed by atoms with Crippen molar-refractivity contribution in [1.82, 2.24) is 4.90 Å². The van der Waals surface area contributed by atoms with Gasteiger partial charge in [-0.3, -0.25) is 4.90 Å². The normalized spacial score (nSPS) is 23.8. The molecule has 1 atom stereocenters. The van der Waals surface area contributed by atoms with E-state index < -0.39 is 0 Å². The number of hydrogen-bond acceptors (Lipinski definition) is 3. The minimum atomic E-state index is -0.301. The lowest BCUT2D eigenvalue weighted by Gasteiger charge is -2.39. The van der Waals surface area contributed by atoms with Gasteiger partial charge in [0.15, 0.2) is 0 Å². The van der Waals surface area contributed by atoms with Gasteiger partial charge in [0, 0.05) is 19.6 Å². The number of β-amino-alcohol motifs (C(OH)–C–C–N with tert-alkyl or cyclic N) is 2. The minimum absolute atomic E-state index is 0.0550. The summed E-state index contributed by atoms with van der Waals surface area (Å²) in [5.74, 6) is 0. The van der Waals surface area contributed by atoms with Crippen LogP contribution in [0.1, 0.15) is 20.8 Å². The summed E-state index contributed by atoms with van der Waals surface area (Å²) in [7, 11) is 0. The van der Waals surface area contributed by atoms with E-state index in [9.17, 15) is 5.11 Å². The molecule has 0 aliphatic carbocycles. The Kier molecular flexibility index (Phi) is 2.76. The molecule has 0 saturated carbocycles. The first-order chi connectivity index (χ1) is 5.39. The molecule has 0 amide bonds. The fourth-order valence-corrected chi connectivity index (χ4v) is 1.21. The van der Waals surface area contributed by atoms with E-state index >= 15 is 0 Å². The van der Waals surface area contributed by atoms with Gasteiger partial charge in [-0.25, -0.2) is 0 Å². The van der Waals surface area contributed by atoms with Crippen molar-refractivity contribution in [3.63, 3.8) is 0 Å². The van der Waals surface area contributed by atoms with E-state index in [1.54, 1.807) is 0 Å². The molecular weight excluding hydrogens is 154 g/mol. The Morgan fingerprint density at radius 1 is 1.42 bits per heavy atom. The third-order valence-corrected chi connectivity index (χ3v) is 2.37. The van der Waals surface area contributed by atoms with Crippen LogP contribution in [0.4, 0.5) is 0 Å². The topological polar surface area (TPSA) is 43.7 Å². The van der Waals surface area contributed by atoms with Crippen molar-refractivity contribution in [2.45, 2.75) is 33.0 Å². The Balaban J connectivity index is 2.23. The van der Waals surface area contributed by atoms with Crippen molar-refractivity contribution >= 4 is 0 Å². The van der Waals surface area contributed by atoms with Gasteiger partial charge in [0.05, 0.1) is 12.2 Å². The molecule has 2 N–H and O–H groups in total. The molecule has 0 aromatic carbocycles. The second kappa shape index (κ2) is 3.32. The molecule has 1 rings (SSSR count). The Morgan fingerprint density at radius 3 is 2.25 bits per heavy atom. The summed E-state index contributed by atoms with van der Waals surface area (Å²) in [5, 5.41) is 18.7. The molecule has 1 aliphatic heterocycles. The fourth-order valence-electron chi connectivity index (χ4n) is 1.21. The first kappa shape index (κ1) is 9.96. The van der Waals surface area contributed by atoms with Crippen molar-refractivity contribution in [1.29, 1.82) is 0 Å². The average molecular weight is 173 g/mol. The first-order valence-corrected chi connectivity index (χ1v) is 4.48. The maximum atomic E-state index is 9.68. The second-order valence-corrected chi connectivity index (χ2v) is 4.75. The SMILES string of the molecule is CC(C)(C)C(O)CN1CC(O)C1. The Bertz CT molecular complexity index is 147. The first-order valence-electron chi connectivity index (χ1n) is 4.48. The smallest absolute Gasteiger partial charge is 0.0793 e. The quantitative estimate of drug-likeness (QED) is 0.621. The number of hydrogen-bond donors (Lipinski definition) is 2. The third-order valence-electron chi connectivity index (χ3n) is 2.37. The third kappa shape index (κ3) is 2.44. The predicted molar refractivity (Wildman–Crippen MR) is 47.9 cm³/mol. The number of rotatable bonds is 2. The molecule has 1 unspecified atom stereocenters. The van der Waals surface area contributed by atoms with Crippen molar-refractivity contribution in [3.05, 3.63) is 0 Å². The van der Waals surface area contributed by atoms with E-state index in [2.05, 4.69) is 4.90 Å². The Hall–Kier alpha value is -0.120. The lowest BCUT2D eigenvalue weighted by molar-refractivity contribution is -0.0448. The van der Waals surface area contributed by atoms with Gasteiger partial charge in [0.1, 0.15) is 0 Å². The summed E-state index contributed by atoms with van der Waals surface area (Å²) >= 11 is 0. The lowest BCUT2D eigenvalue weighted by Crippen LogP contribution is -2.54. The summed E-state index contributed by atoms with van der Waals surface area (Å²) in [6, 6.07) is 0. The Labute approximate surface area is 74.0 Å². The van der Waals surface area contributed by atoms with Crippen LogP contribution >= 0.6 is 0 Å². The highest BCUT2D eigenvalue weighted by Gasteiger charge is 2.30. The van der Waals surface area contributed by atoms with Gasteiger partial charge < -0.3 is 10.2 Å².